The third kappa shape index (κ3) is 1.84. The van der Waals surface area contributed by atoms with Gasteiger partial charge in [-0.2, -0.15) is 4.31 Å². The van der Waals surface area contributed by atoms with Crippen LogP contribution in [0.1, 0.15) is 18.9 Å². The van der Waals surface area contributed by atoms with Crippen molar-refractivity contribution in [3.8, 4) is 0 Å². The molecule has 0 aromatic heterocycles. The Morgan fingerprint density at radius 1 is 1.18 bits per heavy atom. The monoisotopic (exact) mass is 383 g/mol. The summed E-state index contributed by atoms with van der Waals surface area (Å²) >= 11 is 3.79. The maximum Gasteiger partial charge on any atom is 0.243 e. The molecule has 2 bridgehead atoms. The van der Waals surface area contributed by atoms with Crippen molar-refractivity contribution in [1.82, 2.24) is 4.31 Å². The second-order valence-electron chi connectivity index (χ2n) is 6.87. The second-order valence-corrected chi connectivity index (χ2v) is 10.3. The van der Waals surface area contributed by atoms with Crippen molar-refractivity contribution in [3.63, 3.8) is 0 Å². The molecule has 0 unspecified atom stereocenters. The number of aryl methyl sites for hydroxylation is 1. The summed E-state index contributed by atoms with van der Waals surface area (Å²) in [6, 6.07) is 7.00. The van der Waals surface area contributed by atoms with Crippen LogP contribution >= 0.6 is 15.9 Å². The molecule has 118 valence electrons. The Morgan fingerprint density at radius 3 is 2.45 bits per heavy atom. The van der Waals surface area contributed by atoms with Gasteiger partial charge in [0.05, 0.1) is 14.8 Å². The Morgan fingerprint density at radius 2 is 1.86 bits per heavy atom. The van der Waals surface area contributed by atoms with Crippen molar-refractivity contribution in [2.24, 2.45) is 0 Å². The maximum absolute atomic E-state index is 12.9. The highest BCUT2D eigenvalue weighted by molar-refractivity contribution is 9.10. The molecule has 0 aliphatic carbocycles. The van der Waals surface area contributed by atoms with Crippen molar-refractivity contribution < 1.29 is 13.2 Å². The van der Waals surface area contributed by atoms with E-state index < -0.39 is 15.6 Å². The summed E-state index contributed by atoms with van der Waals surface area (Å²) < 4.78 is 33.2. The van der Waals surface area contributed by atoms with Crippen LogP contribution in [0.25, 0.3) is 0 Å². The molecule has 0 N–H and O–H groups in total. The first-order valence-corrected chi connectivity index (χ1v) is 9.58. The summed E-state index contributed by atoms with van der Waals surface area (Å²) in [6.45, 7) is 4.79. The number of rotatable bonds is 2. The van der Waals surface area contributed by atoms with Crippen molar-refractivity contribution in [1.29, 1.82) is 0 Å². The Kier molecular flexibility index (Phi) is 2.86. The summed E-state index contributed by atoms with van der Waals surface area (Å²) in [5.74, 6) is 0. The molecule has 22 heavy (non-hydrogen) atoms. The molecule has 1 aromatic carbocycles. The van der Waals surface area contributed by atoms with Gasteiger partial charge >= 0.3 is 0 Å². The zero-order valence-electron chi connectivity index (χ0n) is 12.5. The Hall–Kier alpha value is -0.690. The standard InChI is InChI=1S/C16H18BrNO3S/c1-12-3-5-13(6-4-12)22(19,20)18-10-15(17)9-14(2)7-8-16(15,11-18)21-14/h3-8H,9-11H2,1-2H3/t14-,15-,16-/m1/s1. The van der Waals surface area contributed by atoms with E-state index in [-0.39, 0.29) is 9.93 Å². The average molecular weight is 384 g/mol. The molecule has 6 heteroatoms. The van der Waals surface area contributed by atoms with E-state index in [2.05, 4.69) is 28.9 Å². The molecular formula is C16H18BrNO3S. The molecule has 2 saturated heterocycles. The Bertz CT molecular complexity index is 775. The zero-order chi connectivity index (χ0) is 15.8. The molecule has 3 aliphatic rings. The number of ether oxygens (including phenoxy) is 1. The largest absolute Gasteiger partial charge is 0.358 e. The average Bonchev–Trinajstić information content (AvgIpc) is 2.97. The van der Waals surface area contributed by atoms with Crippen LogP contribution < -0.4 is 0 Å². The normalized spacial score (nSPS) is 40.3. The van der Waals surface area contributed by atoms with Gasteiger partial charge in [0.2, 0.25) is 10.0 Å². The van der Waals surface area contributed by atoms with Gasteiger partial charge in [0.15, 0.2) is 0 Å². The minimum Gasteiger partial charge on any atom is -0.358 e. The van der Waals surface area contributed by atoms with Gasteiger partial charge in [-0.05, 0) is 32.4 Å². The highest BCUT2D eigenvalue weighted by atomic mass is 79.9. The number of alkyl halides is 1. The lowest BCUT2D eigenvalue weighted by molar-refractivity contribution is -0.0196. The SMILES string of the molecule is Cc1ccc(S(=O)(=O)N2C[C@]3(Br)C[C@@]4(C)C=C[C@]3(C2)O4)cc1. The van der Waals surface area contributed by atoms with Crippen LogP contribution in [0.4, 0.5) is 0 Å². The van der Waals surface area contributed by atoms with Gasteiger partial charge in [-0.15, -0.1) is 0 Å². The first-order valence-electron chi connectivity index (χ1n) is 7.35. The number of halogens is 1. The van der Waals surface area contributed by atoms with Gasteiger partial charge in [-0.1, -0.05) is 45.8 Å². The second kappa shape index (κ2) is 4.23. The van der Waals surface area contributed by atoms with E-state index in [0.717, 1.165) is 12.0 Å². The molecule has 2 fully saturated rings. The topological polar surface area (TPSA) is 46.6 Å². The number of benzene rings is 1. The molecule has 0 saturated carbocycles. The fourth-order valence-corrected chi connectivity index (χ4v) is 6.77. The van der Waals surface area contributed by atoms with E-state index in [1.807, 2.05) is 25.1 Å². The molecule has 4 nitrogen and oxygen atoms in total. The fourth-order valence-electron chi connectivity index (χ4n) is 3.88. The predicted molar refractivity (Wildman–Crippen MR) is 87.6 cm³/mol. The zero-order valence-corrected chi connectivity index (χ0v) is 14.9. The highest BCUT2D eigenvalue weighted by Gasteiger charge is 2.69. The Balaban J connectivity index is 1.70. The van der Waals surface area contributed by atoms with Crippen molar-refractivity contribution >= 4 is 26.0 Å². The van der Waals surface area contributed by atoms with Crippen LogP contribution in [0.3, 0.4) is 0 Å². The number of nitrogens with zero attached hydrogens (tertiary/aromatic N) is 1. The smallest absolute Gasteiger partial charge is 0.243 e. The van der Waals surface area contributed by atoms with Crippen LogP contribution in [-0.4, -0.2) is 41.3 Å². The van der Waals surface area contributed by atoms with Gasteiger partial charge in [0.25, 0.3) is 0 Å². The highest BCUT2D eigenvalue weighted by Crippen LogP contribution is 2.60. The maximum atomic E-state index is 12.9. The summed E-state index contributed by atoms with van der Waals surface area (Å²) in [6.07, 6.45) is 4.89. The molecule has 3 heterocycles. The summed E-state index contributed by atoms with van der Waals surface area (Å²) in [7, 11) is -3.50. The quantitative estimate of drug-likeness (QED) is 0.582. The van der Waals surface area contributed by atoms with Crippen molar-refractivity contribution in [2.75, 3.05) is 13.1 Å². The molecule has 1 spiro atoms. The van der Waals surface area contributed by atoms with Gasteiger partial charge in [0.1, 0.15) is 5.60 Å². The number of hydrogen-bond acceptors (Lipinski definition) is 3. The number of hydrogen-bond donors (Lipinski definition) is 0. The molecule has 0 amide bonds. The minimum absolute atomic E-state index is 0.275. The molecule has 3 atom stereocenters. The summed E-state index contributed by atoms with van der Waals surface area (Å²) in [5, 5.41) is 0. The molecule has 4 rings (SSSR count). The first-order chi connectivity index (χ1) is 10.2. The van der Waals surface area contributed by atoms with Crippen LogP contribution in [0, 0.1) is 6.92 Å². The van der Waals surface area contributed by atoms with Crippen LogP contribution in [0.2, 0.25) is 0 Å². The van der Waals surface area contributed by atoms with Crippen molar-refractivity contribution in [3.05, 3.63) is 42.0 Å². The van der Waals surface area contributed by atoms with Crippen LogP contribution in [-0.2, 0) is 14.8 Å². The molecule has 3 aliphatic heterocycles. The molecular weight excluding hydrogens is 366 g/mol. The van der Waals surface area contributed by atoms with Gasteiger partial charge in [-0.25, -0.2) is 8.42 Å². The van der Waals surface area contributed by atoms with Crippen LogP contribution in [0.15, 0.2) is 41.3 Å². The van der Waals surface area contributed by atoms with E-state index in [1.54, 1.807) is 16.4 Å². The fraction of sp³-hybridized carbons (Fsp3) is 0.500. The van der Waals surface area contributed by atoms with Gasteiger partial charge in [0, 0.05) is 13.1 Å². The molecule has 1 aromatic rings. The van der Waals surface area contributed by atoms with Crippen molar-refractivity contribution in [2.45, 2.75) is 40.7 Å². The number of sulfonamides is 1. The summed E-state index contributed by atoms with van der Waals surface area (Å²) in [5.41, 5.74) is 0.230. The van der Waals surface area contributed by atoms with Gasteiger partial charge in [-0.3, -0.25) is 0 Å². The Labute approximate surface area is 139 Å². The lowest BCUT2D eigenvalue weighted by atomic mass is 9.82. The van der Waals surface area contributed by atoms with E-state index in [4.69, 9.17) is 4.74 Å². The lowest BCUT2D eigenvalue weighted by Gasteiger charge is -2.29. The lowest BCUT2D eigenvalue weighted by Crippen LogP contribution is -2.43. The van der Waals surface area contributed by atoms with Crippen LogP contribution in [0.5, 0.6) is 0 Å². The third-order valence-electron chi connectivity index (χ3n) is 5.01. The first kappa shape index (κ1) is 14.9. The van der Waals surface area contributed by atoms with Gasteiger partial charge < -0.3 is 4.74 Å². The predicted octanol–water partition coefficient (Wildman–Crippen LogP) is 2.62. The minimum atomic E-state index is -3.50. The van der Waals surface area contributed by atoms with E-state index in [9.17, 15) is 8.42 Å². The third-order valence-corrected chi connectivity index (χ3v) is 8.02. The molecule has 0 radical (unpaired) electrons. The van der Waals surface area contributed by atoms with E-state index in [1.165, 1.54) is 0 Å². The van der Waals surface area contributed by atoms with E-state index >= 15 is 0 Å². The number of fused-ring (bicyclic) bond motifs is 1. The van der Waals surface area contributed by atoms with E-state index in [0.29, 0.717) is 18.0 Å². The summed E-state index contributed by atoms with van der Waals surface area (Å²) in [4.78, 5) is 0.343.